The molecule has 1 aliphatic carbocycles. The van der Waals surface area contributed by atoms with Crippen LogP contribution in [0, 0.1) is 5.82 Å². The molecule has 0 spiro atoms. The van der Waals surface area contributed by atoms with Crippen LogP contribution in [-0.4, -0.2) is 35.6 Å². The van der Waals surface area contributed by atoms with E-state index in [-0.39, 0.29) is 12.3 Å². The summed E-state index contributed by atoms with van der Waals surface area (Å²) < 4.78 is 15.8. The highest BCUT2D eigenvalue weighted by Crippen LogP contribution is 2.33. The summed E-state index contributed by atoms with van der Waals surface area (Å²) in [6, 6.07) is 6.34. The first-order valence-corrected chi connectivity index (χ1v) is 10.3. The van der Waals surface area contributed by atoms with Gasteiger partial charge in [0.25, 0.3) is 0 Å². The number of aryl methyl sites for hydroxylation is 1. The molecule has 1 aliphatic rings. The average molecular weight is 419 g/mol. The second-order valence-corrected chi connectivity index (χ2v) is 7.97. The number of nitrogens with one attached hydrogen (secondary N) is 2. The van der Waals surface area contributed by atoms with Crippen LogP contribution in [0.3, 0.4) is 0 Å². The number of rotatable bonds is 5. The summed E-state index contributed by atoms with van der Waals surface area (Å²) >= 11 is 0. The number of aromatic amines is 1. The number of halogens is 1. The number of hydrogen-bond donors (Lipinski definition) is 2. The Hall–Kier alpha value is -3.62. The number of carbonyl (C=O) groups excluding carboxylic acids is 1. The molecule has 3 aromatic heterocycles. The summed E-state index contributed by atoms with van der Waals surface area (Å²) in [5.74, 6) is 0.969. The van der Waals surface area contributed by atoms with Crippen LogP contribution in [0.2, 0.25) is 0 Å². The van der Waals surface area contributed by atoms with Gasteiger partial charge in [-0.3, -0.25) is 9.48 Å². The fourth-order valence-corrected chi connectivity index (χ4v) is 4.16. The minimum absolute atomic E-state index is 0.00666. The predicted molar refractivity (Wildman–Crippen MR) is 114 cm³/mol. The van der Waals surface area contributed by atoms with Gasteiger partial charge in [-0.25, -0.2) is 19.3 Å². The molecule has 0 bridgehead atoms. The largest absolute Gasteiger partial charge is 0.337 e. The predicted octanol–water partition coefficient (Wildman–Crippen LogP) is 3.73. The number of amides is 1. The fourth-order valence-electron chi connectivity index (χ4n) is 4.16. The van der Waals surface area contributed by atoms with E-state index in [2.05, 4.69) is 30.4 Å². The number of fused-ring (bicyclic) bond motifs is 1. The first kappa shape index (κ1) is 19.3. The van der Waals surface area contributed by atoms with Gasteiger partial charge in [0.05, 0.1) is 12.1 Å². The maximum absolute atomic E-state index is 14.2. The maximum atomic E-state index is 14.2. The van der Waals surface area contributed by atoms with Crippen LogP contribution in [0.5, 0.6) is 0 Å². The molecule has 4 aromatic rings. The van der Waals surface area contributed by atoms with Crippen molar-refractivity contribution in [3.63, 3.8) is 0 Å². The standard InChI is InChI=1S/C22H22FN7O/c1-30-7-6-17(29-30)15-8-13(9-16(23)11-15)10-18(31)26-21-19-22(25-12-24-21)28-20(27-19)14-4-2-3-5-14/h6-9,11-12,14H,2-5,10H2,1H3,(H2,24,25,26,27,28,31). The number of H-pyrrole nitrogens is 1. The highest BCUT2D eigenvalue weighted by molar-refractivity contribution is 5.97. The molecular weight excluding hydrogens is 397 g/mol. The molecule has 31 heavy (non-hydrogen) atoms. The molecule has 1 amide bonds. The monoisotopic (exact) mass is 419 g/mol. The van der Waals surface area contributed by atoms with E-state index in [1.807, 2.05) is 0 Å². The smallest absolute Gasteiger partial charge is 0.230 e. The van der Waals surface area contributed by atoms with Gasteiger partial charge in [0.15, 0.2) is 11.5 Å². The van der Waals surface area contributed by atoms with Crippen molar-refractivity contribution in [3.8, 4) is 11.3 Å². The zero-order valence-corrected chi connectivity index (χ0v) is 17.1. The van der Waals surface area contributed by atoms with E-state index in [9.17, 15) is 9.18 Å². The summed E-state index contributed by atoms with van der Waals surface area (Å²) in [7, 11) is 1.80. The van der Waals surface area contributed by atoms with E-state index >= 15 is 0 Å². The molecule has 2 N–H and O–H groups in total. The molecule has 158 valence electrons. The highest BCUT2D eigenvalue weighted by Gasteiger charge is 2.22. The number of nitrogens with zero attached hydrogens (tertiary/aromatic N) is 5. The normalized spacial score (nSPS) is 14.4. The first-order chi connectivity index (χ1) is 15.0. The number of anilines is 1. The van der Waals surface area contributed by atoms with Gasteiger partial charge in [0.2, 0.25) is 5.91 Å². The first-order valence-electron chi connectivity index (χ1n) is 10.3. The third kappa shape index (κ3) is 4.03. The van der Waals surface area contributed by atoms with Crippen LogP contribution in [0.4, 0.5) is 10.2 Å². The Morgan fingerprint density at radius 1 is 1.26 bits per heavy atom. The second kappa shape index (κ2) is 7.90. The molecule has 0 aliphatic heterocycles. The van der Waals surface area contributed by atoms with E-state index in [0.29, 0.717) is 39.7 Å². The topological polar surface area (TPSA) is 101 Å². The van der Waals surface area contributed by atoms with Crippen molar-refractivity contribution in [1.82, 2.24) is 29.7 Å². The van der Waals surface area contributed by atoms with Crippen molar-refractivity contribution in [2.24, 2.45) is 7.05 Å². The van der Waals surface area contributed by atoms with Crippen LogP contribution in [-0.2, 0) is 18.3 Å². The minimum atomic E-state index is -0.412. The molecule has 0 atom stereocenters. The lowest BCUT2D eigenvalue weighted by molar-refractivity contribution is -0.115. The molecule has 1 saturated carbocycles. The van der Waals surface area contributed by atoms with E-state index in [0.717, 1.165) is 18.7 Å². The minimum Gasteiger partial charge on any atom is -0.337 e. The number of imidazole rings is 1. The quantitative estimate of drug-likeness (QED) is 0.513. The van der Waals surface area contributed by atoms with Crippen molar-refractivity contribution in [3.05, 3.63) is 54.0 Å². The van der Waals surface area contributed by atoms with Gasteiger partial charge in [-0.15, -0.1) is 0 Å². The van der Waals surface area contributed by atoms with Gasteiger partial charge >= 0.3 is 0 Å². The Kier molecular flexibility index (Phi) is 4.93. The number of aromatic nitrogens is 6. The van der Waals surface area contributed by atoms with Crippen molar-refractivity contribution in [1.29, 1.82) is 0 Å². The Morgan fingerprint density at radius 2 is 2.10 bits per heavy atom. The molecule has 1 fully saturated rings. The molecule has 0 radical (unpaired) electrons. The van der Waals surface area contributed by atoms with Crippen molar-refractivity contribution in [2.75, 3.05) is 5.32 Å². The van der Waals surface area contributed by atoms with E-state index in [4.69, 9.17) is 0 Å². The molecule has 3 heterocycles. The van der Waals surface area contributed by atoms with Crippen LogP contribution in [0.25, 0.3) is 22.4 Å². The summed E-state index contributed by atoms with van der Waals surface area (Å²) in [4.78, 5) is 29.0. The van der Waals surface area contributed by atoms with Crippen LogP contribution in [0.1, 0.15) is 43.0 Å². The van der Waals surface area contributed by atoms with Crippen molar-refractivity contribution in [2.45, 2.75) is 38.0 Å². The van der Waals surface area contributed by atoms with Gasteiger partial charge in [0.1, 0.15) is 23.5 Å². The average Bonchev–Trinajstić information content (AvgIpc) is 3.48. The summed E-state index contributed by atoms with van der Waals surface area (Å²) in [6.45, 7) is 0. The molecule has 1 aromatic carbocycles. The van der Waals surface area contributed by atoms with E-state index in [1.54, 1.807) is 30.1 Å². The van der Waals surface area contributed by atoms with Crippen LogP contribution < -0.4 is 5.32 Å². The number of carbonyl (C=O) groups is 1. The fraction of sp³-hybridized carbons (Fsp3) is 0.318. The molecule has 0 saturated heterocycles. The van der Waals surface area contributed by atoms with Gasteiger partial charge in [-0.05, 0) is 42.7 Å². The van der Waals surface area contributed by atoms with E-state index < -0.39 is 5.82 Å². The second-order valence-electron chi connectivity index (χ2n) is 7.97. The number of hydrogen-bond acceptors (Lipinski definition) is 5. The molecule has 5 rings (SSSR count). The highest BCUT2D eigenvalue weighted by atomic mass is 19.1. The molecule has 8 nitrogen and oxygen atoms in total. The summed E-state index contributed by atoms with van der Waals surface area (Å²) in [5.41, 5.74) is 2.99. The lowest BCUT2D eigenvalue weighted by atomic mass is 10.1. The van der Waals surface area contributed by atoms with Crippen molar-refractivity contribution < 1.29 is 9.18 Å². The third-order valence-corrected chi connectivity index (χ3v) is 5.64. The summed E-state index contributed by atoms with van der Waals surface area (Å²) in [5, 5.41) is 7.12. The Morgan fingerprint density at radius 3 is 2.87 bits per heavy atom. The lowest BCUT2D eigenvalue weighted by Gasteiger charge is -2.07. The van der Waals surface area contributed by atoms with Gasteiger partial charge < -0.3 is 10.3 Å². The van der Waals surface area contributed by atoms with Gasteiger partial charge in [-0.2, -0.15) is 5.10 Å². The van der Waals surface area contributed by atoms with Crippen LogP contribution in [0.15, 0.2) is 36.8 Å². The van der Waals surface area contributed by atoms with Gasteiger partial charge in [0, 0.05) is 24.7 Å². The zero-order valence-electron chi connectivity index (χ0n) is 17.1. The Bertz CT molecular complexity index is 1260. The number of benzene rings is 1. The molecule has 9 heteroatoms. The third-order valence-electron chi connectivity index (χ3n) is 5.64. The van der Waals surface area contributed by atoms with E-state index in [1.165, 1.54) is 31.3 Å². The molecule has 0 unspecified atom stereocenters. The Labute approximate surface area is 177 Å². The van der Waals surface area contributed by atoms with Gasteiger partial charge in [-0.1, -0.05) is 12.8 Å². The summed E-state index contributed by atoms with van der Waals surface area (Å²) in [6.07, 6.45) is 7.79. The zero-order chi connectivity index (χ0) is 21.4. The molecular formula is C22H22FN7O. The van der Waals surface area contributed by atoms with Crippen LogP contribution >= 0.6 is 0 Å². The lowest BCUT2D eigenvalue weighted by Crippen LogP contribution is -2.16. The maximum Gasteiger partial charge on any atom is 0.230 e. The SMILES string of the molecule is Cn1ccc(-c2cc(F)cc(CC(=O)Nc3ncnc4nc(C5CCCC5)[nH]c34)c2)n1. The Balaban J connectivity index is 1.36. The van der Waals surface area contributed by atoms with Crippen molar-refractivity contribution >= 4 is 22.9 Å².